The standard InChI is InChI=1S/C24H27F3N2O3/c1-16(18-7-9-19(10-8-18)21(30)31)28-22(32)23(2)13-3-4-14-29(23)15-17-5-11-20(12-6-17)24(25,26)27/h5-12,16H,3-4,13-15H2,1-2H3,(H,28,32)(H,30,31)/t16-,23?/m0/s1. The lowest BCUT2D eigenvalue weighted by molar-refractivity contribution is -0.137. The van der Waals surface area contributed by atoms with E-state index in [9.17, 15) is 22.8 Å². The Kier molecular flexibility index (Phi) is 6.93. The van der Waals surface area contributed by atoms with E-state index in [1.54, 1.807) is 12.1 Å². The normalized spacial score (nSPS) is 20.5. The topological polar surface area (TPSA) is 69.6 Å². The Labute approximate surface area is 185 Å². The van der Waals surface area contributed by atoms with Crippen LogP contribution >= 0.6 is 0 Å². The molecule has 8 heteroatoms. The third-order valence-electron chi connectivity index (χ3n) is 6.19. The van der Waals surface area contributed by atoms with Gasteiger partial charge in [-0.05, 0) is 75.0 Å². The molecule has 1 aliphatic rings. The Bertz CT molecular complexity index is 958. The Morgan fingerprint density at radius 1 is 1.09 bits per heavy atom. The van der Waals surface area contributed by atoms with Gasteiger partial charge in [0, 0.05) is 6.54 Å². The summed E-state index contributed by atoms with van der Waals surface area (Å²) >= 11 is 0. The van der Waals surface area contributed by atoms with E-state index in [4.69, 9.17) is 5.11 Å². The van der Waals surface area contributed by atoms with Gasteiger partial charge in [0.05, 0.1) is 22.7 Å². The highest BCUT2D eigenvalue weighted by Gasteiger charge is 2.41. The number of likely N-dealkylation sites (tertiary alicyclic amines) is 1. The fourth-order valence-electron chi connectivity index (χ4n) is 4.06. The number of amides is 1. The molecule has 0 bridgehead atoms. The largest absolute Gasteiger partial charge is 0.478 e. The number of nitrogens with one attached hydrogen (secondary N) is 1. The van der Waals surface area contributed by atoms with Crippen molar-refractivity contribution in [1.82, 2.24) is 10.2 Å². The number of carboxylic acids is 1. The van der Waals surface area contributed by atoms with Crippen LogP contribution in [0.1, 0.15) is 66.2 Å². The van der Waals surface area contributed by atoms with Crippen molar-refractivity contribution in [2.45, 2.75) is 57.4 Å². The van der Waals surface area contributed by atoms with E-state index in [1.807, 2.05) is 18.7 Å². The van der Waals surface area contributed by atoms with Gasteiger partial charge in [0.1, 0.15) is 0 Å². The number of hydrogen-bond acceptors (Lipinski definition) is 3. The summed E-state index contributed by atoms with van der Waals surface area (Å²) in [5, 5.41) is 12.1. The smallest absolute Gasteiger partial charge is 0.416 e. The number of carboxylic acid groups (broad SMARTS) is 1. The number of hydrogen-bond donors (Lipinski definition) is 2. The Hall–Kier alpha value is -2.87. The number of halogens is 3. The van der Waals surface area contributed by atoms with Crippen molar-refractivity contribution in [2.75, 3.05) is 6.54 Å². The molecule has 32 heavy (non-hydrogen) atoms. The number of aromatic carboxylic acids is 1. The maximum atomic E-state index is 13.3. The van der Waals surface area contributed by atoms with Crippen molar-refractivity contribution < 1.29 is 27.9 Å². The zero-order chi connectivity index (χ0) is 23.5. The number of carbonyl (C=O) groups is 2. The van der Waals surface area contributed by atoms with Crippen LogP contribution in [0.25, 0.3) is 0 Å². The van der Waals surface area contributed by atoms with Crippen LogP contribution in [0, 0.1) is 0 Å². The van der Waals surface area contributed by atoms with Crippen molar-refractivity contribution in [3.05, 3.63) is 70.8 Å². The average molecular weight is 448 g/mol. The van der Waals surface area contributed by atoms with Gasteiger partial charge < -0.3 is 10.4 Å². The van der Waals surface area contributed by atoms with Crippen LogP contribution < -0.4 is 5.32 Å². The molecule has 0 aromatic heterocycles. The summed E-state index contributed by atoms with van der Waals surface area (Å²) in [6, 6.07) is 11.1. The van der Waals surface area contributed by atoms with E-state index in [1.165, 1.54) is 24.3 Å². The molecule has 1 heterocycles. The van der Waals surface area contributed by atoms with Crippen LogP contribution in [0.3, 0.4) is 0 Å². The molecule has 5 nitrogen and oxygen atoms in total. The molecule has 172 valence electrons. The summed E-state index contributed by atoms with van der Waals surface area (Å²) in [6.07, 6.45) is -1.94. The molecule has 2 N–H and O–H groups in total. The van der Waals surface area contributed by atoms with Crippen molar-refractivity contribution in [3.63, 3.8) is 0 Å². The second-order valence-corrected chi connectivity index (χ2v) is 8.47. The van der Waals surface area contributed by atoms with Crippen molar-refractivity contribution >= 4 is 11.9 Å². The second-order valence-electron chi connectivity index (χ2n) is 8.47. The molecule has 2 aromatic rings. The van der Waals surface area contributed by atoms with Crippen molar-refractivity contribution in [2.24, 2.45) is 0 Å². The molecule has 1 unspecified atom stereocenters. The molecular weight excluding hydrogens is 421 g/mol. The zero-order valence-corrected chi connectivity index (χ0v) is 18.1. The number of alkyl halides is 3. The van der Waals surface area contributed by atoms with Gasteiger partial charge in [0.2, 0.25) is 5.91 Å². The van der Waals surface area contributed by atoms with Gasteiger partial charge in [-0.25, -0.2) is 4.79 Å². The fourth-order valence-corrected chi connectivity index (χ4v) is 4.06. The van der Waals surface area contributed by atoms with Crippen LogP contribution in [0.15, 0.2) is 48.5 Å². The van der Waals surface area contributed by atoms with Gasteiger partial charge in [-0.3, -0.25) is 9.69 Å². The summed E-state index contributed by atoms with van der Waals surface area (Å²) in [5.74, 6) is -1.17. The van der Waals surface area contributed by atoms with Crippen LogP contribution in [0.5, 0.6) is 0 Å². The summed E-state index contributed by atoms with van der Waals surface area (Å²) in [4.78, 5) is 26.3. The predicted molar refractivity (Wildman–Crippen MR) is 114 cm³/mol. The lowest BCUT2D eigenvalue weighted by Gasteiger charge is -2.44. The highest BCUT2D eigenvalue weighted by molar-refractivity contribution is 5.88. The first kappa shape index (κ1) is 23.8. The van der Waals surface area contributed by atoms with Crippen LogP contribution in [-0.4, -0.2) is 34.0 Å². The minimum atomic E-state index is -4.38. The molecule has 1 amide bonds. The first-order chi connectivity index (χ1) is 15.0. The maximum Gasteiger partial charge on any atom is 0.416 e. The Balaban J connectivity index is 1.72. The van der Waals surface area contributed by atoms with E-state index < -0.39 is 23.2 Å². The number of rotatable bonds is 6. The third kappa shape index (κ3) is 5.30. The van der Waals surface area contributed by atoms with E-state index in [-0.39, 0.29) is 17.5 Å². The summed E-state index contributed by atoms with van der Waals surface area (Å²) in [6.45, 7) is 4.75. The molecule has 1 fully saturated rings. The molecular formula is C24H27F3N2O3. The highest BCUT2D eigenvalue weighted by atomic mass is 19.4. The molecule has 3 rings (SSSR count). The number of carbonyl (C=O) groups excluding carboxylic acids is 1. The van der Waals surface area contributed by atoms with E-state index in [2.05, 4.69) is 5.32 Å². The molecule has 1 aliphatic heterocycles. The quantitative estimate of drug-likeness (QED) is 0.651. The number of piperidine rings is 1. The molecule has 2 aromatic carbocycles. The molecule has 1 saturated heterocycles. The fraction of sp³-hybridized carbons (Fsp3) is 0.417. The summed E-state index contributed by atoms with van der Waals surface area (Å²) < 4.78 is 38.5. The minimum Gasteiger partial charge on any atom is -0.478 e. The number of nitrogens with zero attached hydrogens (tertiary/aromatic N) is 1. The maximum absolute atomic E-state index is 13.3. The predicted octanol–water partition coefficient (Wildman–Crippen LogP) is 5.03. The van der Waals surface area contributed by atoms with E-state index in [0.29, 0.717) is 19.5 Å². The average Bonchev–Trinajstić information content (AvgIpc) is 2.75. The first-order valence-electron chi connectivity index (χ1n) is 10.6. The van der Waals surface area contributed by atoms with E-state index in [0.717, 1.165) is 36.1 Å². The van der Waals surface area contributed by atoms with Gasteiger partial charge in [-0.15, -0.1) is 0 Å². The van der Waals surface area contributed by atoms with E-state index >= 15 is 0 Å². The Morgan fingerprint density at radius 3 is 2.28 bits per heavy atom. The van der Waals surface area contributed by atoms with Crippen LogP contribution in [0.2, 0.25) is 0 Å². The SMILES string of the molecule is C[C@H](NC(=O)C1(C)CCCCN1Cc1ccc(C(F)(F)F)cc1)c1ccc(C(=O)O)cc1. The third-order valence-corrected chi connectivity index (χ3v) is 6.19. The first-order valence-corrected chi connectivity index (χ1v) is 10.6. The minimum absolute atomic E-state index is 0.154. The zero-order valence-electron chi connectivity index (χ0n) is 18.1. The summed E-state index contributed by atoms with van der Waals surface area (Å²) in [5.41, 5.74) is 0.196. The molecule has 0 saturated carbocycles. The molecule has 2 atom stereocenters. The monoisotopic (exact) mass is 448 g/mol. The van der Waals surface area contributed by atoms with Gasteiger partial charge >= 0.3 is 12.1 Å². The lowest BCUT2D eigenvalue weighted by Crippen LogP contribution is -2.58. The van der Waals surface area contributed by atoms with Gasteiger partial charge in [-0.1, -0.05) is 24.3 Å². The molecule has 0 spiro atoms. The van der Waals surface area contributed by atoms with Crippen molar-refractivity contribution in [1.29, 1.82) is 0 Å². The number of benzene rings is 2. The van der Waals surface area contributed by atoms with Crippen molar-refractivity contribution in [3.8, 4) is 0 Å². The summed E-state index contributed by atoms with van der Waals surface area (Å²) in [7, 11) is 0. The molecule has 0 aliphatic carbocycles. The Morgan fingerprint density at radius 2 is 1.72 bits per heavy atom. The lowest BCUT2D eigenvalue weighted by atomic mass is 9.86. The van der Waals surface area contributed by atoms with Gasteiger partial charge in [-0.2, -0.15) is 13.2 Å². The molecule has 0 radical (unpaired) electrons. The van der Waals surface area contributed by atoms with Crippen LogP contribution in [-0.2, 0) is 17.5 Å². The second kappa shape index (κ2) is 9.32. The van der Waals surface area contributed by atoms with Gasteiger partial charge in [0.15, 0.2) is 0 Å². The van der Waals surface area contributed by atoms with Crippen LogP contribution in [0.4, 0.5) is 13.2 Å². The van der Waals surface area contributed by atoms with Gasteiger partial charge in [0.25, 0.3) is 0 Å². The highest BCUT2D eigenvalue weighted by Crippen LogP contribution is 2.32.